The highest BCUT2D eigenvalue weighted by Crippen LogP contribution is 2.32. The van der Waals surface area contributed by atoms with Crippen LogP contribution in [0.15, 0.2) is 12.4 Å². The number of aliphatic carboxylic acids is 1. The van der Waals surface area contributed by atoms with E-state index in [1.807, 2.05) is 0 Å². The van der Waals surface area contributed by atoms with E-state index in [2.05, 4.69) is 27.9 Å². The summed E-state index contributed by atoms with van der Waals surface area (Å²) >= 11 is 1.70. The number of aryl methyl sites for hydroxylation is 1. The first kappa shape index (κ1) is 13.3. The molecule has 6 heteroatoms. The Bertz CT molecular complexity index is 632. The van der Waals surface area contributed by atoms with Crippen molar-refractivity contribution in [3.63, 3.8) is 0 Å². The number of aromatic nitrogens is 2. The van der Waals surface area contributed by atoms with Gasteiger partial charge in [0.25, 0.3) is 0 Å². The maximum atomic E-state index is 10.9. The van der Waals surface area contributed by atoms with Crippen molar-refractivity contribution in [3.8, 4) is 0 Å². The van der Waals surface area contributed by atoms with Crippen molar-refractivity contribution in [1.29, 1.82) is 0 Å². The highest BCUT2D eigenvalue weighted by Gasteiger charge is 2.22. The number of carboxylic acid groups (broad SMARTS) is 1. The second-order valence-electron chi connectivity index (χ2n) is 5.06. The lowest BCUT2D eigenvalue weighted by Crippen LogP contribution is -2.41. The van der Waals surface area contributed by atoms with E-state index in [1.54, 1.807) is 17.7 Å². The van der Waals surface area contributed by atoms with Crippen LogP contribution in [0.4, 0.5) is 5.82 Å². The van der Waals surface area contributed by atoms with Gasteiger partial charge < -0.3 is 14.8 Å². The Kier molecular flexibility index (Phi) is 3.56. The van der Waals surface area contributed by atoms with Crippen molar-refractivity contribution < 1.29 is 9.90 Å². The van der Waals surface area contributed by atoms with E-state index in [4.69, 9.17) is 0 Å². The summed E-state index contributed by atoms with van der Waals surface area (Å²) in [5.74, 6) is -0.318. The molecule has 1 aliphatic heterocycles. The fourth-order valence-corrected chi connectivity index (χ4v) is 3.58. The molecule has 2 aromatic rings. The lowest BCUT2D eigenvalue weighted by atomic mass is 9.97. The van der Waals surface area contributed by atoms with Crippen LogP contribution in [0.25, 0.3) is 10.2 Å². The van der Waals surface area contributed by atoms with Crippen molar-refractivity contribution >= 4 is 33.3 Å². The lowest BCUT2D eigenvalue weighted by molar-refractivity contribution is -0.312. The van der Waals surface area contributed by atoms with E-state index < -0.39 is 5.97 Å². The molecule has 0 saturated carbocycles. The van der Waals surface area contributed by atoms with Gasteiger partial charge >= 0.3 is 0 Å². The van der Waals surface area contributed by atoms with Gasteiger partial charge in [-0.2, -0.15) is 0 Å². The highest BCUT2D eigenvalue weighted by atomic mass is 32.1. The molecule has 0 radical (unpaired) electrons. The molecule has 0 unspecified atom stereocenters. The van der Waals surface area contributed by atoms with Gasteiger partial charge in [-0.15, -0.1) is 11.3 Å². The summed E-state index contributed by atoms with van der Waals surface area (Å²) in [7, 11) is 0. The van der Waals surface area contributed by atoms with E-state index in [1.165, 1.54) is 4.88 Å². The molecule has 2 aromatic heterocycles. The Morgan fingerprint density at radius 3 is 2.85 bits per heavy atom. The molecule has 0 aromatic carbocycles. The average Bonchev–Trinajstić information content (AvgIpc) is 2.90. The van der Waals surface area contributed by atoms with E-state index in [0.29, 0.717) is 25.9 Å². The molecule has 0 N–H and O–H groups in total. The zero-order valence-electron chi connectivity index (χ0n) is 11.3. The van der Waals surface area contributed by atoms with Crippen molar-refractivity contribution in [2.45, 2.75) is 26.2 Å². The van der Waals surface area contributed by atoms with E-state index >= 15 is 0 Å². The molecule has 1 aliphatic rings. The van der Waals surface area contributed by atoms with Gasteiger partial charge in [-0.05, 0) is 25.3 Å². The molecule has 0 spiro atoms. The molecule has 0 atom stereocenters. The first-order chi connectivity index (χ1) is 9.69. The average molecular weight is 290 g/mol. The number of rotatable bonds is 3. The normalized spacial score (nSPS) is 16.8. The smallest absolute Gasteiger partial charge is 0.140 e. The molecular weight excluding hydrogens is 274 g/mol. The number of carbonyl (C=O) groups excluding carboxylic acids is 1. The number of carbonyl (C=O) groups is 1. The number of thiophene rings is 1. The second kappa shape index (κ2) is 5.36. The number of fused-ring (bicyclic) bond motifs is 1. The van der Waals surface area contributed by atoms with Crippen molar-refractivity contribution in [3.05, 3.63) is 17.3 Å². The summed E-state index contributed by atoms with van der Waals surface area (Å²) in [5, 5.41) is 12.0. The molecule has 106 valence electrons. The standard InChI is InChI=1S/C14H17N3O2S/c1-2-10-7-11-12(15-8-16-13(11)20-10)17-5-3-9(4-6-17)14(18)19/h7-9H,2-6H2,1H3,(H,18,19)/p-1. The largest absolute Gasteiger partial charge is 0.550 e. The Balaban J connectivity index is 1.87. The molecule has 0 bridgehead atoms. The molecule has 1 fully saturated rings. The molecule has 3 rings (SSSR count). The minimum Gasteiger partial charge on any atom is -0.550 e. The third kappa shape index (κ3) is 2.35. The van der Waals surface area contributed by atoms with Crippen LogP contribution in [-0.4, -0.2) is 29.0 Å². The van der Waals surface area contributed by atoms with E-state index in [0.717, 1.165) is 22.5 Å². The second-order valence-corrected chi connectivity index (χ2v) is 6.18. The van der Waals surface area contributed by atoms with Crippen molar-refractivity contribution in [2.24, 2.45) is 5.92 Å². The summed E-state index contributed by atoms with van der Waals surface area (Å²) in [4.78, 5) is 24.1. The summed E-state index contributed by atoms with van der Waals surface area (Å²) in [5.41, 5.74) is 0. The van der Waals surface area contributed by atoms with Gasteiger partial charge in [0.1, 0.15) is 17.0 Å². The molecule has 20 heavy (non-hydrogen) atoms. The van der Waals surface area contributed by atoms with Crippen molar-refractivity contribution in [2.75, 3.05) is 18.0 Å². The molecule has 0 aliphatic carbocycles. The predicted molar refractivity (Wildman–Crippen MR) is 76.7 cm³/mol. The van der Waals surface area contributed by atoms with Gasteiger partial charge in [-0.25, -0.2) is 9.97 Å². The Labute approximate surface area is 121 Å². The predicted octanol–water partition coefficient (Wildman–Crippen LogP) is 1.22. The number of hydrogen-bond acceptors (Lipinski definition) is 6. The minimum atomic E-state index is -0.929. The number of nitrogens with zero attached hydrogens (tertiary/aromatic N) is 3. The molecule has 1 saturated heterocycles. The third-order valence-electron chi connectivity index (χ3n) is 3.84. The van der Waals surface area contributed by atoms with Gasteiger partial charge in [-0.1, -0.05) is 6.92 Å². The van der Waals surface area contributed by atoms with Gasteiger partial charge in [0.2, 0.25) is 0 Å². The number of anilines is 1. The maximum Gasteiger partial charge on any atom is 0.140 e. The number of carboxylic acids is 1. The molecular formula is C14H16N3O2S-. The monoisotopic (exact) mass is 290 g/mol. The fourth-order valence-electron chi connectivity index (χ4n) is 2.65. The topological polar surface area (TPSA) is 69.2 Å². The quantitative estimate of drug-likeness (QED) is 0.850. The van der Waals surface area contributed by atoms with Gasteiger partial charge in [0.15, 0.2) is 0 Å². The summed E-state index contributed by atoms with van der Waals surface area (Å²) in [6.45, 7) is 3.55. The summed E-state index contributed by atoms with van der Waals surface area (Å²) in [6.07, 6.45) is 3.84. The zero-order chi connectivity index (χ0) is 14.1. The van der Waals surface area contributed by atoms with E-state index in [9.17, 15) is 9.90 Å². The zero-order valence-corrected chi connectivity index (χ0v) is 12.2. The Morgan fingerprint density at radius 1 is 1.45 bits per heavy atom. The Hall–Kier alpha value is -1.69. The van der Waals surface area contributed by atoms with Crippen LogP contribution in [-0.2, 0) is 11.2 Å². The summed E-state index contributed by atoms with van der Waals surface area (Å²) in [6, 6.07) is 2.15. The molecule has 0 amide bonds. The molecule has 3 heterocycles. The third-order valence-corrected chi connectivity index (χ3v) is 5.02. The van der Waals surface area contributed by atoms with Crippen LogP contribution in [0.3, 0.4) is 0 Å². The highest BCUT2D eigenvalue weighted by molar-refractivity contribution is 7.18. The van der Waals surface area contributed by atoms with Gasteiger partial charge in [0.05, 0.1) is 5.39 Å². The number of piperidine rings is 1. The number of hydrogen-bond donors (Lipinski definition) is 0. The maximum absolute atomic E-state index is 10.9. The fraction of sp³-hybridized carbons (Fsp3) is 0.500. The van der Waals surface area contributed by atoms with Crippen LogP contribution in [0.2, 0.25) is 0 Å². The van der Waals surface area contributed by atoms with Gasteiger partial charge in [0, 0.05) is 29.9 Å². The van der Waals surface area contributed by atoms with Crippen LogP contribution < -0.4 is 10.0 Å². The molecule has 5 nitrogen and oxygen atoms in total. The Morgan fingerprint density at radius 2 is 2.20 bits per heavy atom. The van der Waals surface area contributed by atoms with Crippen LogP contribution in [0, 0.1) is 5.92 Å². The van der Waals surface area contributed by atoms with Crippen molar-refractivity contribution in [1.82, 2.24) is 9.97 Å². The summed E-state index contributed by atoms with van der Waals surface area (Å²) < 4.78 is 0. The lowest BCUT2D eigenvalue weighted by Gasteiger charge is -2.33. The first-order valence-electron chi connectivity index (χ1n) is 6.88. The van der Waals surface area contributed by atoms with Crippen LogP contribution in [0.1, 0.15) is 24.6 Å². The van der Waals surface area contributed by atoms with Crippen LogP contribution in [0.5, 0.6) is 0 Å². The minimum absolute atomic E-state index is 0.322. The van der Waals surface area contributed by atoms with Crippen LogP contribution >= 0.6 is 11.3 Å². The first-order valence-corrected chi connectivity index (χ1v) is 7.70. The van der Waals surface area contributed by atoms with E-state index in [-0.39, 0.29) is 5.92 Å². The SMILES string of the molecule is CCc1cc2c(N3CCC(C(=O)[O-])CC3)ncnc2s1. The van der Waals surface area contributed by atoms with Gasteiger partial charge in [-0.3, -0.25) is 0 Å².